The first-order valence-electron chi connectivity index (χ1n) is 10.2. The summed E-state index contributed by atoms with van der Waals surface area (Å²) in [5, 5.41) is 13.2. The zero-order valence-corrected chi connectivity index (χ0v) is 17.1. The van der Waals surface area contributed by atoms with Crippen LogP contribution in [0.2, 0.25) is 0 Å². The largest absolute Gasteiger partial charge is 0.366 e. The van der Waals surface area contributed by atoms with Crippen molar-refractivity contribution >= 4 is 22.4 Å². The first kappa shape index (κ1) is 20.9. The summed E-state index contributed by atoms with van der Waals surface area (Å²) in [6, 6.07) is 7.01. The Morgan fingerprint density at radius 2 is 2.10 bits per heavy atom. The van der Waals surface area contributed by atoms with Crippen LogP contribution in [0.15, 0.2) is 36.5 Å². The number of alkyl halides is 2. The highest BCUT2D eigenvalue weighted by Gasteiger charge is 2.55. The highest BCUT2D eigenvalue weighted by atomic mass is 19.3. The second kappa shape index (κ2) is 7.71. The number of pyridine rings is 1. The van der Waals surface area contributed by atoms with E-state index in [1.165, 1.54) is 13.3 Å². The summed E-state index contributed by atoms with van der Waals surface area (Å²) in [5.41, 5.74) is 3.06. The molecule has 4 rings (SSSR count). The molecule has 1 heterocycles. The molecule has 2 atom stereocenters. The van der Waals surface area contributed by atoms with Crippen molar-refractivity contribution in [2.75, 3.05) is 7.11 Å². The Morgan fingerprint density at radius 3 is 2.73 bits per heavy atom. The molecule has 1 spiro atoms. The van der Waals surface area contributed by atoms with E-state index < -0.39 is 18.3 Å². The minimum Gasteiger partial charge on any atom is -0.366 e. The lowest BCUT2D eigenvalue weighted by Crippen LogP contribution is -2.46. The van der Waals surface area contributed by atoms with Crippen LogP contribution in [0.5, 0.6) is 0 Å². The zero-order valence-electron chi connectivity index (χ0n) is 17.1. The van der Waals surface area contributed by atoms with Crippen molar-refractivity contribution in [2.24, 2.45) is 5.41 Å². The highest BCUT2D eigenvalue weighted by molar-refractivity contribution is 5.99. The number of halogens is 2. The summed E-state index contributed by atoms with van der Waals surface area (Å²) in [4.78, 5) is 17.0. The van der Waals surface area contributed by atoms with E-state index in [0.717, 1.165) is 34.9 Å². The van der Waals surface area contributed by atoms with Crippen LogP contribution in [0.1, 0.15) is 54.9 Å². The van der Waals surface area contributed by atoms with E-state index in [4.69, 9.17) is 4.74 Å². The highest BCUT2D eigenvalue weighted by Crippen LogP contribution is 2.59. The number of benzene rings is 1. The summed E-state index contributed by atoms with van der Waals surface area (Å²) in [6.07, 6.45) is 4.70. The van der Waals surface area contributed by atoms with Crippen molar-refractivity contribution in [3.05, 3.63) is 47.7 Å². The quantitative estimate of drug-likeness (QED) is 0.713. The Hall–Kier alpha value is -2.38. The Kier molecular flexibility index (Phi) is 5.36. The Balaban J connectivity index is 1.55. The number of methoxy groups -OCH3 is 1. The van der Waals surface area contributed by atoms with Crippen LogP contribution >= 0.6 is 0 Å². The van der Waals surface area contributed by atoms with E-state index in [0.29, 0.717) is 12.0 Å². The molecule has 1 aromatic heterocycles. The van der Waals surface area contributed by atoms with Crippen molar-refractivity contribution in [3.63, 3.8) is 0 Å². The van der Waals surface area contributed by atoms with Crippen LogP contribution in [0.4, 0.5) is 8.78 Å². The fraction of sp³-hybridized carbons (Fsp3) is 0.478. The lowest BCUT2D eigenvalue weighted by Gasteiger charge is -2.49. The number of hydrogen-bond donors (Lipinski definition) is 2. The molecular formula is C23H26F2N2O3. The molecule has 1 aromatic carbocycles. The van der Waals surface area contributed by atoms with Gasteiger partial charge in [-0.15, -0.1) is 0 Å². The summed E-state index contributed by atoms with van der Waals surface area (Å²) < 4.78 is 31.5. The molecule has 0 bridgehead atoms. The second-order valence-corrected chi connectivity index (χ2v) is 8.63. The Labute approximate surface area is 174 Å². The number of para-hydroxylation sites is 1. The van der Waals surface area contributed by atoms with Crippen molar-refractivity contribution in [1.29, 1.82) is 0 Å². The fourth-order valence-electron chi connectivity index (χ4n) is 4.66. The molecule has 30 heavy (non-hydrogen) atoms. The summed E-state index contributed by atoms with van der Waals surface area (Å²) in [5.74, 6) is -2.84. The molecule has 0 unspecified atom stereocenters. The van der Waals surface area contributed by atoms with E-state index in [1.54, 1.807) is 13.0 Å². The van der Waals surface area contributed by atoms with Crippen molar-refractivity contribution in [2.45, 2.75) is 57.3 Å². The Morgan fingerprint density at radius 1 is 1.33 bits per heavy atom. The van der Waals surface area contributed by atoms with Gasteiger partial charge in [-0.1, -0.05) is 24.3 Å². The number of hydrogen-bond acceptors (Lipinski definition) is 4. The molecular weight excluding hydrogens is 390 g/mol. The molecule has 7 heteroatoms. The molecule has 2 aromatic rings. The number of carbonyl (C=O) groups is 1. The van der Waals surface area contributed by atoms with Crippen LogP contribution < -0.4 is 5.32 Å². The Bertz CT molecular complexity index is 997. The molecule has 0 radical (unpaired) electrons. The normalized spacial score (nSPS) is 21.6. The number of fused-ring (bicyclic) bond motifs is 1. The van der Waals surface area contributed by atoms with E-state index in [1.807, 2.05) is 18.2 Å². The van der Waals surface area contributed by atoms with Crippen molar-refractivity contribution in [3.8, 4) is 0 Å². The third kappa shape index (κ3) is 3.96. The number of nitrogens with one attached hydrogen (secondary N) is 1. The van der Waals surface area contributed by atoms with Gasteiger partial charge in [-0.05, 0) is 43.2 Å². The summed E-state index contributed by atoms with van der Waals surface area (Å²) in [6.45, 7) is 1.65. The molecule has 5 nitrogen and oxygen atoms in total. The van der Waals surface area contributed by atoms with Gasteiger partial charge in [0.15, 0.2) is 6.29 Å². The molecule has 1 saturated carbocycles. The monoisotopic (exact) mass is 416 g/mol. The summed E-state index contributed by atoms with van der Waals surface area (Å²) >= 11 is 0. The lowest BCUT2D eigenvalue weighted by atomic mass is 9.59. The number of rotatable bonds is 5. The van der Waals surface area contributed by atoms with Gasteiger partial charge in [0.25, 0.3) is 5.91 Å². The van der Waals surface area contributed by atoms with Crippen LogP contribution in [-0.4, -0.2) is 41.4 Å². The standard InChI is InChI=1S/C23H26F2N2O3/c1-14(21(29)30-2)27-20(28)17-10-16-4-3-5-18(19(16)26-11-17)15-6-8-22(9-7-15)12-23(24,25)13-22/h3-6,10-11,14,21,29H,7-9,12-13H2,1-2H3,(H,27,28)/t14-,21-/m0/s1. The first-order valence-corrected chi connectivity index (χ1v) is 10.2. The van der Waals surface area contributed by atoms with Gasteiger partial charge in [0.2, 0.25) is 5.92 Å². The van der Waals surface area contributed by atoms with Gasteiger partial charge in [0, 0.05) is 37.1 Å². The number of aliphatic hydroxyl groups excluding tert-OH is 1. The van der Waals surface area contributed by atoms with E-state index in [-0.39, 0.29) is 24.2 Å². The van der Waals surface area contributed by atoms with Gasteiger partial charge in [-0.3, -0.25) is 9.78 Å². The smallest absolute Gasteiger partial charge is 0.253 e. The third-order valence-corrected chi connectivity index (χ3v) is 6.32. The maximum atomic E-state index is 13.4. The second-order valence-electron chi connectivity index (χ2n) is 8.63. The maximum absolute atomic E-state index is 13.4. The van der Waals surface area contributed by atoms with Gasteiger partial charge in [0.05, 0.1) is 17.1 Å². The minimum atomic E-state index is -2.50. The fourth-order valence-corrected chi connectivity index (χ4v) is 4.66. The molecule has 2 aliphatic rings. The maximum Gasteiger partial charge on any atom is 0.253 e. The molecule has 0 saturated heterocycles. The number of amides is 1. The molecule has 0 aliphatic heterocycles. The van der Waals surface area contributed by atoms with Crippen molar-refractivity contribution in [1.82, 2.24) is 10.3 Å². The molecule has 2 N–H and O–H groups in total. The average molecular weight is 416 g/mol. The van der Waals surface area contributed by atoms with Crippen molar-refractivity contribution < 1.29 is 23.4 Å². The van der Waals surface area contributed by atoms with Gasteiger partial charge >= 0.3 is 0 Å². The van der Waals surface area contributed by atoms with Gasteiger partial charge < -0.3 is 15.2 Å². The van der Waals surface area contributed by atoms with E-state index in [9.17, 15) is 18.7 Å². The predicted octanol–water partition coefficient (Wildman–Crippen LogP) is 4.30. The molecule has 1 amide bonds. The number of allylic oxidation sites excluding steroid dienone is 2. The number of ether oxygens (including phenoxy) is 1. The third-order valence-electron chi connectivity index (χ3n) is 6.32. The van der Waals surface area contributed by atoms with Crippen LogP contribution in [-0.2, 0) is 4.74 Å². The number of aliphatic hydroxyl groups is 1. The van der Waals surface area contributed by atoms with Gasteiger partial charge in [-0.2, -0.15) is 0 Å². The van der Waals surface area contributed by atoms with Crippen LogP contribution in [0.25, 0.3) is 16.5 Å². The minimum absolute atomic E-state index is 0.00771. The molecule has 1 fully saturated rings. The van der Waals surface area contributed by atoms with E-state index >= 15 is 0 Å². The average Bonchev–Trinajstić information content (AvgIpc) is 2.71. The van der Waals surface area contributed by atoms with Crippen LogP contribution in [0, 0.1) is 5.41 Å². The lowest BCUT2D eigenvalue weighted by molar-refractivity contribution is -0.163. The number of nitrogens with zero attached hydrogens (tertiary/aromatic N) is 1. The molecule has 2 aliphatic carbocycles. The van der Waals surface area contributed by atoms with Crippen LogP contribution in [0.3, 0.4) is 0 Å². The first-order chi connectivity index (χ1) is 14.2. The molecule has 160 valence electrons. The zero-order chi connectivity index (χ0) is 21.5. The number of carbonyl (C=O) groups excluding carboxylic acids is 1. The predicted molar refractivity (Wildman–Crippen MR) is 110 cm³/mol. The number of aromatic nitrogens is 1. The summed E-state index contributed by atoms with van der Waals surface area (Å²) in [7, 11) is 1.37. The van der Waals surface area contributed by atoms with E-state index in [2.05, 4.69) is 16.4 Å². The SMILES string of the molecule is CO[C@H](O)[C@H](C)NC(=O)c1cnc2c(C3=CCC4(CC3)CC(F)(F)C4)cccc2c1. The topological polar surface area (TPSA) is 71.5 Å². The van der Waals surface area contributed by atoms with Gasteiger partial charge in [-0.25, -0.2) is 8.78 Å². The van der Waals surface area contributed by atoms with Gasteiger partial charge in [0.1, 0.15) is 0 Å².